The van der Waals surface area contributed by atoms with E-state index in [2.05, 4.69) is 4.72 Å². The number of hydrogen-bond donors (Lipinski definition) is 2. The van der Waals surface area contributed by atoms with Gasteiger partial charge in [0, 0.05) is 19.6 Å². The molecule has 19 heavy (non-hydrogen) atoms. The maximum absolute atomic E-state index is 12.0. The lowest BCUT2D eigenvalue weighted by atomic mass is 10.1. The van der Waals surface area contributed by atoms with Crippen LogP contribution in [-0.4, -0.2) is 43.4 Å². The van der Waals surface area contributed by atoms with Gasteiger partial charge in [-0.25, -0.2) is 4.72 Å². The van der Waals surface area contributed by atoms with Crippen molar-refractivity contribution in [3.05, 3.63) is 0 Å². The van der Waals surface area contributed by atoms with Gasteiger partial charge in [-0.15, -0.1) is 0 Å². The van der Waals surface area contributed by atoms with Crippen molar-refractivity contribution in [2.45, 2.75) is 45.4 Å². The number of carboxylic acids is 1. The molecule has 2 N–H and O–H groups in total. The highest BCUT2D eigenvalue weighted by Gasteiger charge is 2.22. The largest absolute Gasteiger partial charge is 0.481 e. The molecule has 0 saturated carbocycles. The molecule has 0 aromatic heterocycles. The predicted molar refractivity (Wildman–Crippen MR) is 73.0 cm³/mol. The molecule has 7 heteroatoms. The minimum atomic E-state index is -3.39. The Morgan fingerprint density at radius 3 is 2.37 bits per heavy atom. The van der Waals surface area contributed by atoms with Crippen molar-refractivity contribution in [3.63, 3.8) is 0 Å². The molecular formula is C12H24N2O4S. The molecule has 1 atom stereocenters. The summed E-state index contributed by atoms with van der Waals surface area (Å²) in [5.74, 6) is -1.27. The van der Waals surface area contributed by atoms with Crippen LogP contribution in [-0.2, 0) is 15.0 Å². The summed E-state index contributed by atoms with van der Waals surface area (Å²) in [6, 6.07) is 0. The lowest BCUT2D eigenvalue weighted by Crippen LogP contribution is -2.41. The van der Waals surface area contributed by atoms with Crippen molar-refractivity contribution in [3.8, 4) is 0 Å². The topological polar surface area (TPSA) is 86.7 Å². The van der Waals surface area contributed by atoms with Crippen LogP contribution in [0.1, 0.15) is 45.4 Å². The molecule has 0 radical (unpaired) electrons. The summed E-state index contributed by atoms with van der Waals surface area (Å²) in [6.45, 7) is 3.10. The van der Waals surface area contributed by atoms with E-state index in [0.717, 1.165) is 25.7 Å². The Morgan fingerprint density at radius 2 is 1.84 bits per heavy atom. The van der Waals surface area contributed by atoms with Crippen molar-refractivity contribution in [1.29, 1.82) is 0 Å². The first-order chi connectivity index (χ1) is 8.93. The minimum absolute atomic E-state index is 0.302. The lowest BCUT2D eigenvalue weighted by Gasteiger charge is -2.20. The summed E-state index contributed by atoms with van der Waals surface area (Å²) in [6.07, 6.45) is 5.02. The second kappa shape index (κ2) is 7.81. The first kappa shape index (κ1) is 16.4. The van der Waals surface area contributed by atoms with Gasteiger partial charge in [-0.2, -0.15) is 12.7 Å². The van der Waals surface area contributed by atoms with Crippen LogP contribution >= 0.6 is 0 Å². The Balaban J connectivity index is 2.32. The van der Waals surface area contributed by atoms with Gasteiger partial charge in [0.2, 0.25) is 0 Å². The van der Waals surface area contributed by atoms with Gasteiger partial charge in [0.25, 0.3) is 10.2 Å². The quantitative estimate of drug-likeness (QED) is 0.690. The predicted octanol–water partition coefficient (Wildman–Crippen LogP) is 1.20. The smallest absolute Gasteiger partial charge is 0.306 e. The molecule has 0 aliphatic carbocycles. The third-order valence-electron chi connectivity index (χ3n) is 3.42. The van der Waals surface area contributed by atoms with Gasteiger partial charge < -0.3 is 5.11 Å². The standard InChI is InChI=1S/C12H24N2O4S/c1-11(12(15)16)7-6-8-13-19(17,18)14-9-4-2-3-5-10-14/h11,13H,2-10H2,1H3,(H,15,16). The van der Waals surface area contributed by atoms with E-state index in [-0.39, 0.29) is 0 Å². The minimum Gasteiger partial charge on any atom is -0.481 e. The zero-order valence-corrected chi connectivity index (χ0v) is 12.3. The van der Waals surface area contributed by atoms with Crippen molar-refractivity contribution in [2.75, 3.05) is 19.6 Å². The van der Waals surface area contributed by atoms with E-state index < -0.39 is 22.1 Å². The molecule has 0 aromatic rings. The van der Waals surface area contributed by atoms with Crippen molar-refractivity contribution < 1.29 is 18.3 Å². The number of rotatable bonds is 7. The third-order valence-corrected chi connectivity index (χ3v) is 5.04. The number of nitrogens with one attached hydrogen (secondary N) is 1. The average molecular weight is 292 g/mol. The summed E-state index contributed by atoms with van der Waals surface area (Å²) in [5, 5.41) is 8.73. The fourth-order valence-corrected chi connectivity index (χ4v) is 3.43. The van der Waals surface area contributed by atoms with Gasteiger partial charge in [0.15, 0.2) is 0 Å². The molecule has 1 unspecified atom stereocenters. The molecule has 1 aliphatic rings. The van der Waals surface area contributed by atoms with Gasteiger partial charge in [-0.05, 0) is 25.7 Å². The molecular weight excluding hydrogens is 268 g/mol. The third kappa shape index (κ3) is 5.88. The van der Waals surface area contributed by atoms with Crippen molar-refractivity contribution in [2.24, 2.45) is 5.92 Å². The van der Waals surface area contributed by atoms with Gasteiger partial charge >= 0.3 is 5.97 Å². The van der Waals surface area contributed by atoms with Gasteiger partial charge in [0.05, 0.1) is 5.92 Å². The SMILES string of the molecule is CC(CCCNS(=O)(=O)N1CCCCCC1)C(=O)O. The zero-order chi connectivity index (χ0) is 14.3. The maximum Gasteiger partial charge on any atom is 0.306 e. The van der Waals surface area contributed by atoms with Gasteiger partial charge in [0.1, 0.15) is 0 Å². The van der Waals surface area contributed by atoms with E-state index in [1.54, 1.807) is 6.92 Å². The second-order valence-corrected chi connectivity index (χ2v) is 6.85. The van der Waals surface area contributed by atoms with Crippen molar-refractivity contribution >= 4 is 16.2 Å². The lowest BCUT2D eigenvalue weighted by molar-refractivity contribution is -0.141. The summed E-state index contributed by atoms with van der Waals surface area (Å²) < 4.78 is 28.1. The molecule has 1 rings (SSSR count). The van der Waals surface area contributed by atoms with Crippen LogP contribution in [0.2, 0.25) is 0 Å². The monoisotopic (exact) mass is 292 g/mol. The highest BCUT2D eigenvalue weighted by molar-refractivity contribution is 7.87. The molecule has 1 aliphatic heterocycles. The summed E-state index contributed by atoms with van der Waals surface area (Å²) in [4.78, 5) is 10.6. The molecule has 0 amide bonds. The molecule has 0 aromatic carbocycles. The highest BCUT2D eigenvalue weighted by Crippen LogP contribution is 2.12. The average Bonchev–Trinajstić information content (AvgIpc) is 2.63. The first-order valence-corrected chi connectivity index (χ1v) is 8.35. The summed E-state index contributed by atoms with van der Waals surface area (Å²) in [5.41, 5.74) is 0. The molecule has 112 valence electrons. The van der Waals surface area contributed by atoms with Crippen LogP contribution in [0.4, 0.5) is 0 Å². The Labute approximate surface area is 115 Å². The molecule has 1 heterocycles. The van der Waals surface area contributed by atoms with E-state index in [4.69, 9.17) is 5.11 Å². The highest BCUT2D eigenvalue weighted by atomic mass is 32.2. The van der Waals surface area contributed by atoms with Gasteiger partial charge in [-0.1, -0.05) is 19.8 Å². The molecule has 0 spiro atoms. The van der Waals surface area contributed by atoms with E-state index in [0.29, 0.717) is 32.5 Å². The van der Waals surface area contributed by atoms with Crippen LogP contribution < -0.4 is 4.72 Å². The van der Waals surface area contributed by atoms with E-state index in [9.17, 15) is 13.2 Å². The Morgan fingerprint density at radius 1 is 1.26 bits per heavy atom. The molecule has 1 fully saturated rings. The number of aliphatic carboxylic acids is 1. The van der Waals surface area contributed by atoms with E-state index in [1.807, 2.05) is 0 Å². The van der Waals surface area contributed by atoms with Crippen LogP contribution in [0.5, 0.6) is 0 Å². The first-order valence-electron chi connectivity index (χ1n) is 6.91. The maximum atomic E-state index is 12.0. The molecule has 1 saturated heterocycles. The zero-order valence-electron chi connectivity index (χ0n) is 11.5. The number of carboxylic acid groups (broad SMARTS) is 1. The Hall–Kier alpha value is -0.660. The van der Waals surface area contributed by atoms with E-state index >= 15 is 0 Å². The number of hydrogen-bond acceptors (Lipinski definition) is 3. The Kier molecular flexibility index (Phi) is 6.74. The van der Waals surface area contributed by atoms with Crippen molar-refractivity contribution in [1.82, 2.24) is 9.03 Å². The molecule has 0 bridgehead atoms. The Bertz CT molecular complexity index is 375. The van der Waals surface area contributed by atoms with Crippen LogP contribution in [0, 0.1) is 5.92 Å². The van der Waals surface area contributed by atoms with Crippen LogP contribution in [0.15, 0.2) is 0 Å². The number of nitrogens with zero attached hydrogens (tertiary/aromatic N) is 1. The molecule has 6 nitrogen and oxygen atoms in total. The fourth-order valence-electron chi connectivity index (χ4n) is 2.11. The summed E-state index contributed by atoms with van der Waals surface area (Å²) >= 11 is 0. The summed E-state index contributed by atoms with van der Waals surface area (Å²) in [7, 11) is -3.39. The normalized spacial score (nSPS) is 19.8. The number of carbonyl (C=O) groups is 1. The second-order valence-electron chi connectivity index (χ2n) is 5.09. The van der Waals surface area contributed by atoms with E-state index in [1.165, 1.54) is 4.31 Å². The van der Waals surface area contributed by atoms with Crippen LogP contribution in [0.25, 0.3) is 0 Å². The van der Waals surface area contributed by atoms with Gasteiger partial charge in [-0.3, -0.25) is 4.79 Å². The fraction of sp³-hybridized carbons (Fsp3) is 0.917. The van der Waals surface area contributed by atoms with Crippen LogP contribution in [0.3, 0.4) is 0 Å².